The van der Waals surface area contributed by atoms with Gasteiger partial charge in [-0.05, 0) is 65.2 Å². The number of aromatic nitrogens is 2. The molecule has 0 bridgehead atoms. The second-order valence-electron chi connectivity index (χ2n) is 7.27. The van der Waals surface area contributed by atoms with Crippen LogP contribution in [0, 0.1) is 24.0 Å². The molecule has 2 aromatic rings. The van der Waals surface area contributed by atoms with Crippen LogP contribution in [-0.2, 0) is 6.54 Å². The summed E-state index contributed by atoms with van der Waals surface area (Å²) in [5, 5.41) is 16.0. The lowest BCUT2D eigenvalue weighted by atomic mass is 9.90. The van der Waals surface area contributed by atoms with E-state index in [2.05, 4.69) is 5.10 Å². The quantitative estimate of drug-likeness (QED) is 0.343. The summed E-state index contributed by atoms with van der Waals surface area (Å²) in [4.78, 5) is 24.7. The molecule has 0 atom stereocenters. The van der Waals surface area contributed by atoms with Crippen LogP contribution in [0.25, 0.3) is 5.57 Å². The van der Waals surface area contributed by atoms with Gasteiger partial charge in [0.05, 0.1) is 22.8 Å². The number of aryl methyl sites for hydroxylation is 2. The van der Waals surface area contributed by atoms with Crippen LogP contribution in [0.5, 0.6) is 5.88 Å². The van der Waals surface area contributed by atoms with Crippen LogP contribution in [0.15, 0.2) is 17.7 Å². The van der Waals surface area contributed by atoms with Crippen molar-refractivity contribution >= 4 is 17.0 Å². The Kier molecular flexibility index (Phi) is 6.95. The minimum atomic E-state index is -0.404. The van der Waals surface area contributed by atoms with Crippen molar-refractivity contribution in [3.63, 3.8) is 0 Å². The van der Waals surface area contributed by atoms with Gasteiger partial charge >= 0.3 is 0 Å². The fourth-order valence-electron chi connectivity index (χ4n) is 3.33. The highest BCUT2D eigenvalue weighted by atomic mass is 16.6. The second-order valence-corrected chi connectivity index (χ2v) is 7.27. The summed E-state index contributed by atoms with van der Waals surface area (Å²) in [6.45, 7) is 14.2. The number of hydrogen-bond acceptors (Lipinski definition) is 5. The Morgan fingerprint density at radius 1 is 1.17 bits per heavy atom. The third kappa shape index (κ3) is 4.23. The fraction of sp³-hybridized carbons (Fsp3) is 0.455. The lowest BCUT2D eigenvalue weighted by molar-refractivity contribution is -0.385. The number of hydrogen-bond donors (Lipinski definition) is 0. The molecule has 156 valence electrons. The fourth-order valence-corrected chi connectivity index (χ4v) is 3.33. The maximum atomic E-state index is 13.5. The van der Waals surface area contributed by atoms with Crippen molar-refractivity contribution in [3.8, 4) is 5.88 Å². The van der Waals surface area contributed by atoms with Gasteiger partial charge in [0.2, 0.25) is 11.7 Å². The summed E-state index contributed by atoms with van der Waals surface area (Å²) in [7, 11) is 0. The molecular formula is C22H29N3O4. The summed E-state index contributed by atoms with van der Waals surface area (Å²) in [6.07, 6.45) is 0.808. The highest BCUT2D eigenvalue weighted by Gasteiger charge is 2.28. The van der Waals surface area contributed by atoms with Crippen LogP contribution in [0.1, 0.15) is 73.8 Å². The number of carbonyl (C=O) groups is 1. The van der Waals surface area contributed by atoms with Crippen LogP contribution < -0.4 is 4.74 Å². The van der Waals surface area contributed by atoms with E-state index < -0.39 is 4.92 Å². The van der Waals surface area contributed by atoms with Gasteiger partial charge in [0.15, 0.2) is 0 Å². The molecule has 1 heterocycles. The molecule has 0 amide bonds. The van der Waals surface area contributed by atoms with E-state index in [0.29, 0.717) is 47.0 Å². The third-order valence-corrected chi connectivity index (χ3v) is 5.06. The Balaban J connectivity index is 2.72. The van der Waals surface area contributed by atoms with E-state index in [-0.39, 0.29) is 11.5 Å². The molecule has 0 aliphatic carbocycles. The molecule has 0 spiro atoms. The number of benzene rings is 1. The van der Waals surface area contributed by atoms with E-state index in [4.69, 9.17) is 4.74 Å². The minimum absolute atomic E-state index is 0.00109. The Morgan fingerprint density at radius 3 is 2.34 bits per heavy atom. The predicted molar refractivity (Wildman–Crippen MR) is 114 cm³/mol. The molecule has 0 aliphatic heterocycles. The van der Waals surface area contributed by atoms with Gasteiger partial charge in [-0.2, -0.15) is 5.10 Å². The first-order valence-electron chi connectivity index (χ1n) is 9.82. The number of carbonyl (C=O) groups excluding carboxylic acids is 1. The van der Waals surface area contributed by atoms with Crippen LogP contribution >= 0.6 is 0 Å². The van der Waals surface area contributed by atoms with Gasteiger partial charge in [-0.15, -0.1) is 0 Å². The van der Waals surface area contributed by atoms with Crippen LogP contribution in [0.4, 0.5) is 5.69 Å². The molecule has 7 heteroatoms. The maximum Gasteiger partial charge on any atom is 0.277 e. The first-order valence-corrected chi connectivity index (χ1v) is 9.82. The molecule has 29 heavy (non-hydrogen) atoms. The van der Waals surface area contributed by atoms with Gasteiger partial charge in [-0.3, -0.25) is 14.9 Å². The van der Waals surface area contributed by atoms with Gasteiger partial charge in [-0.1, -0.05) is 12.5 Å². The highest BCUT2D eigenvalue weighted by molar-refractivity contribution is 6.12. The van der Waals surface area contributed by atoms with Crippen LogP contribution in [0.2, 0.25) is 0 Å². The molecule has 0 saturated heterocycles. The van der Waals surface area contributed by atoms with Crippen molar-refractivity contribution in [2.24, 2.45) is 0 Å². The van der Waals surface area contributed by atoms with Gasteiger partial charge in [0.25, 0.3) is 5.69 Å². The van der Waals surface area contributed by atoms with E-state index in [1.165, 1.54) is 12.1 Å². The average Bonchev–Trinajstić information content (AvgIpc) is 2.99. The number of allylic oxidation sites excluding steroid dienone is 2. The summed E-state index contributed by atoms with van der Waals surface area (Å²) in [6, 6.07) is 2.94. The zero-order valence-corrected chi connectivity index (χ0v) is 18.3. The topological polar surface area (TPSA) is 87.3 Å². The lowest BCUT2D eigenvalue weighted by Gasteiger charge is -2.14. The van der Waals surface area contributed by atoms with Gasteiger partial charge in [0, 0.05) is 18.2 Å². The predicted octanol–water partition coefficient (Wildman–Crippen LogP) is 5.26. The normalized spacial score (nSPS) is 10.7. The van der Waals surface area contributed by atoms with Crippen molar-refractivity contribution in [3.05, 3.63) is 55.8 Å². The molecule has 7 nitrogen and oxygen atoms in total. The number of nitrogens with zero attached hydrogens (tertiary/aromatic N) is 3. The Labute approximate surface area is 171 Å². The standard InChI is InChI=1S/C22H29N3O4/c1-8-12-29-22-20(16(7)23-24(22)9-2)21(26)17-10-11-18(25(27)28)19(15(17)6)14(5)13(3)4/h10-11H,8-9,12H2,1-7H3. The molecule has 0 aliphatic rings. The number of nitro benzene ring substituents is 1. The molecule has 0 unspecified atom stereocenters. The number of nitro groups is 1. The van der Waals surface area contributed by atoms with Crippen molar-refractivity contribution in [2.75, 3.05) is 6.61 Å². The average molecular weight is 399 g/mol. The largest absolute Gasteiger partial charge is 0.477 e. The molecule has 2 rings (SSSR count). The molecule has 0 N–H and O–H groups in total. The zero-order chi connectivity index (χ0) is 21.9. The van der Waals surface area contributed by atoms with Gasteiger partial charge in [0.1, 0.15) is 5.56 Å². The molecule has 1 aromatic carbocycles. The Morgan fingerprint density at radius 2 is 1.83 bits per heavy atom. The molecule has 0 saturated carbocycles. The van der Waals surface area contributed by atoms with Crippen LogP contribution in [0.3, 0.4) is 0 Å². The number of rotatable bonds is 8. The summed E-state index contributed by atoms with van der Waals surface area (Å²) in [5.41, 5.74) is 4.27. The maximum absolute atomic E-state index is 13.5. The van der Waals surface area contributed by atoms with E-state index >= 15 is 0 Å². The van der Waals surface area contributed by atoms with Crippen LogP contribution in [-0.4, -0.2) is 27.1 Å². The monoisotopic (exact) mass is 399 g/mol. The molecule has 0 fully saturated rings. The first-order chi connectivity index (χ1) is 13.6. The third-order valence-electron chi connectivity index (χ3n) is 5.06. The second kappa shape index (κ2) is 9.03. The number of ether oxygens (including phenoxy) is 1. The molecular weight excluding hydrogens is 370 g/mol. The Hall–Kier alpha value is -2.96. The van der Waals surface area contributed by atoms with E-state index in [0.717, 1.165) is 17.6 Å². The molecule has 1 aromatic heterocycles. The van der Waals surface area contributed by atoms with Gasteiger partial charge < -0.3 is 4.74 Å². The number of ketones is 1. The summed E-state index contributed by atoms with van der Waals surface area (Å²) < 4.78 is 7.53. The van der Waals surface area contributed by atoms with E-state index in [1.54, 1.807) is 18.5 Å². The highest BCUT2D eigenvalue weighted by Crippen LogP contribution is 2.35. The SMILES string of the molecule is CCCOc1c(C(=O)c2ccc([N+](=O)[O-])c(C(C)=C(C)C)c2C)c(C)nn1CC. The van der Waals surface area contributed by atoms with Gasteiger partial charge in [-0.25, -0.2) is 4.68 Å². The summed E-state index contributed by atoms with van der Waals surface area (Å²) in [5.74, 6) is 0.221. The van der Waals surface area contributed by atoms with Crippen molar-refractivity contribution < 1.29 is 14.5 Å². The lowest BCUT2D eigenvalue weighted by Crippen LogP contribution is -2.11. The van der Waals surface area contributed by atoms with Crippen molar-refractivity contribution in [2.45, 2.75) is 61.4 Å². The van der Waals surface area contributed by atoms with E-state index in [1.807, 2.05) is 34.6 Å². The molecule has 0 radical (unpaired) electrons. The smallest absolute Gasteiger partial charge is 0.277 e. The Bertz CT molecular complexity index is 982. The van der Waals surface area contributed by atoms with E-state index in [9.17, 15) is 14.9 Å². The first kappa shape index (κ1) is 22.3. The minimum Gasteiger partial charge on any atom is -0.477 e. The zero-order valence-electron chi connectivity index (χ0n) is 18.3. The van der Waals surface area contributed by atoms with Crippen molar-refractivity contribution in [1.82, 2.24) is 9.78 Å². The van der Waals surface area contributed by atoms with Crippen molar-refractivity contribution in [1.29, 1.82) is 0 Å². The summed E-state index contributed by atoms with van der Waals surface area (Å²) >= 11 is 0.